The van der Waals surface area contributed by atoms with E-state index in [2.05, 4.69) is 5.16 Å². The van der Waals surface area contributed by atoms with Gasteiger partial charge in [-0.2, -0.15) is 0 Å². The Labute approximate surface area is 118 Å². The molecule has 4 nitrogen and oxygen atoms in total. The summed E-state index contributed by atoms with van der Waals surface area (Å²) in [7, 11) is 1.44. The zero-order valence-corrected chi connectivity index (χ0v) is 11.0. The van der Waals surface area contributed by atoms with E-state index < -0.39 is 23.3 Å². The van der Waals surface area contributed by atoms with Crippen molar-refractivity contribution in [1.82, 2.24) is 0 Å². The molecular weight excluding hydrogens is 283 g/mol. The van der Waals surface area contributed by atoms with Gasteiger partial charge < -0.3 is 15.8 Å². The second-order valence-corrected chi connectivity index (χ2v) is 4.31. The molecule has 0 unspecified atom stereocenters. The van der Waals surface area contributed by atoms with Crippen LogP contribution >= 0.6 is 0 Å². The number of nitrogens with zero attached hydrogens (tertiary/aromatic N) is 2. The molecule has 0 radical (unpaired) electrons. The number of hydrogen-bond acceptors (Lipinski definition) is 3. The summed E-state index contributed by atoms with van der Waals surface area (Å²) in [5.41, 5.74) is 5.30. The fourth-order valence-electron chi connectivity index (χ4n) is 1.89. The number of benzene rings is 2. The van der Waals surface area contributed by atoms with E-state index in [0.717, 1.165) is 12.1 Å². The van der Waals surface area contributed by atoms with Gasteiger partial charge in [-0.25, -0.2) is 13.2 Å². The lowest BCUT2D eigenvalue weighted by Gasteiger charge is -2.21. The average Bonchev–Trinajstić information content (AvgIpc) is 2.46. The van der Waals surface area contributed by atoms with Crippen molar-refractivity contribution in [3.8, 4) is 0 Å². The molecule has 0 saturated carbocycles. The van der Waals surface area contributed by atoms with E-state index in [9.17, 15) is 13.2 Å². The summed E-state index contributed by atoms with van der Waals surface area (Å²) < 4.78 is 41.0. The predicted molar refractivity (Wildman–Crippen MR) is 73.3 cm³/mol. The Morgan fingerprint density at radius 2 is 1.62 bits per heavy atom. The smallest absolute Gasteiger partial charge is 0.170 e. The molecule has 3 N–H and O–H groups in total. The molecule has 2 aromatic rings. The molecular formula is C14H12F3N3O. The molecule has 0 aromatic heterocycles. The average molecular weight is 295 g/mol. The van der Waals surface area contributed by atoms with Crippen molar-refractivity contribution in [3.05, 3.63) is 59.4 Å². The maximum atomic E-state index is 14.1. The molecule has 0 aliphatic heterocycles. The monoisotopic (exact) mass is 295 g/mol. The minimum absolute atomic E-state index is 0.0799. The van der Waals surface area contributed by atoms with Crippen LogP contribution in [0.4, 0.5) is 24.5 Å². The van der Waals surface area contributed by atoms with Gasteiger partial charge in [-0.05, 0) is 36.4 Å². The summed E-state index contributed by atoms with van der Waals surface area (Å²) in [6, 6.07) is 7.07. The summed E-state index contributed by atoms with van der Waals surface area (Å²) in [6.45, 7) is 0. The van der Waals surface area contributed by atoms with Crippen LogP contribution in [0.25, 0.3) is 0 Å². The second-order valence-electron chi connectivity index (χ2n) is 4.31. The van der Waals surface area contributed by atoms with Gasteiger partial charge in [0.15, 0.2) is 17.5 Å². The number of hydrogen-bond donors (Lipinski definition) is 2. The van der Waals surface area contributed by atoms with Crippen molar-refractivity contribution in [2.24, 2.45) is 10.9 Å². The first-order chi connectivity index (χ1) is 9.93. The number of halogens is 3. The summed E-state index contributed by atoms with van der Waals surface area (Å²) in [5, 5.41) is 11.2. The molecule has 0 saturated heterocycles. The molecule has 0 bridgehead atoms. The van der Waals surface area contributed by atoms with E-state index in [1.54, 1.807) is 0 Å². The molecule has 0 aliphatic rings. The van der Waals surface area contributed by atoms with E-state index in [0.29, 0.717) is 5.69 Å². The Morgan fingerprint density at radius 1 is 1.10 bits per heavy atom. The van der Waals surface area contributed by atoms with Gasteiger partial charge in [0.25, 0.3) is 0 Å². The third-order valence-electron chi connectivity index (χ3n) is 2.97. The highest BCUT2D eigenvalue weighted by Crippen LogP contribution is 2.30. The largest absolute Gasteiger partial charge is 0.409 e. The van der Waals surface area contributed by atoms with Gasteiger partial charge in [-0.1, -0.05) is 5.16 Å². The third-order valence-corrected chi connectivity index (χ3v) is 2.97. The van der Waals surface area contributed by atoms with Crippen LogP contribution in [0.15, 0.2) is 41.6 Å². The van der Waals surface area contributed by atoms with Crippen LogP contribution in [-0.4, -0.2) is 18.1 Å². The Hall–Kier alpha value is -2.70. The summed E-state index contributed by atoms with van der Waals surface area (Å²) in [5.74, 6) is -2.62. The van der Waals surface area contributed by atoms with Crippen LogP contribution in [0.2, 0.25) is 0 Å². The lowest BCUT2D eigenvalue weighted by Crippen LogP contribution is -2.17. The highest BCUT2D eigenvalue weighted by Gasteiger charge is 2.18. The van der Waals surface area contributed by atoms with Crippen molar-refractivity contribution in [3.63, 3.8) is 0 Å². The zero-order valence-electron chi connectivity index (χ0n) is 11.0. The van der Waals surface area contributed by atoms with Crippen LogP contribution in [0.1, 0.15) is 5.56 Å². The van der Waals surface area contributed by atoms with E-state index >= 15 is 0 Å². The van der Waals surface area contributed by atoms with Crippen LogP contribution in [0.3, 0.4) is 0 Å². The molecule has 2 aromatic carbocycles. The van der Waals surface area contributed by atoms with E-state index in [-0.39, 0.29) is 11.3 Å². The number of rotatable bonds is 3. The number of nitrogens with two attached hydrogens (primary N) is 1. The van der Waals surface area contributed by atoms with E-state index in [4.69, 9.17) is 10.9 Å². The first-order valence-electron chi connectivity index (χ1n) is 5.90. The topological polar surface area (TPSA) is 61.8 Å². The van der Waals surface area contributed by atoms with Crippen LogP contribution in [-0.2, 0) is 0 Å². The number of oxime groups is 1. The lowest BCUT2D eigenvalue weighted by molar-refractivity contribution is 0.318. The normalized spacial score (nSPS) is 11.5. The Bertz CT molecular complexity index is 663. The Morgan fingerprint density at radius 3 is 2.10 bits per heavy atom. The van der Waals surface area contributed by atoms with Gasteiger partial charge in [0.1, 0.15) is 11.5 Å². The van der Waals surface area contributed by atoms with Crippen molar-refractivity contribution < 1.29 is 18.4 Å². The quantitative estimate of drug-likeness (QED) is 0.396. The number of amidine groups is 1. The fraction of sp³-hybridized carbons (Fsp3) is 0.0714. The summed E-state index contributed by atoms with van der Waals surface area (Å²) in [6.07, 6.45) is 0. The van der Waals surface area contributed by atoms with Crippen LogP contribution in [0, 0.1) is 17.5 Å². The Kier molecular flexibility index (Phi) is 4.02. The SMILES string of the molecule is CN(c1ccc(F)cc1)c1c(F)cc(/C(N)=N/O)cc1F. The minimum Gasteiger partial charge on any atom is -0.409 e. The van der Waals surface area contributed by atoms with Gasteiger partial charge in [0.2, 0.25) is 0 Å². The van der Waals surface area contributed by atoms with E-state index in [1.807, 2.05) is 0 Å². The molecule has 0 aliphatic carbocycles. The second kappa shape index (κ2) is 5.74. The third kappa shape index (κ3) is 2.91. The molecule has 0 spiro atoms. The van der Waals surface area contributed by atoms with Gasteiger partial charge >= 0.3 is 0 Å². The minimum atomic E-state index is -0.886. The van der Waals surface area contributed by atoms with Crippen LogP contribution < -0.4 is 10.6 Å². The molecule has 21 heavy (non-hydrogen) atoms. The number of anilines is 2. The van der Waals surface area contributed by atoms with Gasteiger partial charge in [0, 0.05) is 18.3 Å². The standard InChI is InChI=1S/C14H12F3N3O/c1-20(10-4-2-9(15)3-5-10)13-11(16)6-8(7-12(13)17)14(18)19-21/h2-7,21H,1H3,(H2,18,19). The summed E-state index contributed by atoms with van der Waals surface area (Å²) in [4.78, 5) is 1.24. The Balaban J connectivity index is 2.46. The maximum absolute atomic E-state index is 14.1. The molecule has 2 rings (SSSR count). The maximum Gasteiger partial charge on any atom is 0.170 e. The van der Waals surface area contributed by atoms with Crippen molar-refractivity contribution >= 4 is 17.2 Å². The fourth-order valence-corrected chi connectivity index (χ4v) is 1.89. The van der Waals surface area contributed by atoms with Gasteiger partial charge in [-0.3, -0.25) is 0 Å². The molecule has 0 atom stereocenters. The molecule has 0 amide bonds. The first-order valence-corrected chi connectivity index (χ1v) is 5.90. The van der Waals surface area contributed by atoms with E-state index in [1.165, 1.54) is 36.2 Å². The predicted octanol–water partition coefficient (Wildman–Crippen LogP) is 2.97. The molecule has 0 fully saturated rings. The van der Waals surface area contributed by atoms with Crippen molar-refractivity contribution in [1.29, 1.82) is 0 Å². The highest BCUT2D eigenvalue weighted by molar-refractivity contribution is 5.97. The zero-order chi connectivity index (χ0) is 15.6. The van der Waals surface area contributed by atoms with Gasteiger partial charge in [-0.15, -0.1) is 0 Å². The van der Waals surface area contributed by atoms with Crippen molar-refractivity contribution in [2.75, 3.05) is 11.9 Å². The van der Waals surface area contributed by atoms with Crippen LogP contribution in [0.5, 0.6) is 0 Å². The molecule has 110 valence electrons. The first kappa shape index (κ1) is 14.7. The lowest BCUT2D eigenvalue weighted by atomic mass is 10.1. The highest BCUT2D eigenvalue weighted by atomic mass is 19.1. The molecule has 0 heterocycles. The molecule has 7 heteroatoms. The van der Waals surface area contributed by atoms with Crippen molar-refractivity contribution in [2.45, 2.75) is 0 Å². The van der Waals surface area contributed by atoms with Gasteiger partial charge in [0.05, 0.1) is 0 Å². The summed E-state index contributed by atoms with van der Waals surface area (Å²) >= 11 is 0.